The molecule has 0 spiro atoms. The minimum atomic E-state index is -0.647. The highest BCUT2D eigenvalue weighted by molar-refractivity contribution is 5.97. The molecule has 172 valence electrons. The molecule has 11 heteroatoms. The van der Waals surface area contributed by atoms with Crippen molar-refractivity contribution in [2.75, 3.05) is 33.4 Å². The number of hydrogen-bond acceptors (Lipinski definition) is 7. The van der Waals surface area contributed by atoms with E-state index < -0.39 is 17.3 Å². The second kappa shape index (κ2) is 9.13. The Labute approximate surface area is 184 Å². The van der Waals surface area contributed by atoms with Crippen LogP contribution >= 0.6 is 0 Å². The van der Waals surface area contributed by atoms with Crippen LogP contribution in [-0.4, -0.2) is 81.6 Å². The number of rotatable bonds is 7. The molecule has 2 aromatic rings. The van der Waals surface area contributed by atoms with Crippen LogP contribution < -0.4 is 10.9 Å². The van der Waals surface area contributed by atoms with Gasteiger partial charge >= 0.3 is 0 Å². The van der Waals surface area contributed by atoms with Gasteiger partial charge in [0, 0.05) is 37.9 Å². The lowest BCUT2D eigenvalue weighted by Crippen LogP contribution is -2.39. The average Bonchev–Trinajstić information content (AvgIpc) is 3.50. The summed E-state index contributed by atoms with van der Waals surface area (Å²) < 4.78 is 13.1. The van der Waals surface area contributed by atoms with Gasteiger partial charge in [-0.1, -0.05) is 0 Å². The number of amides is 2. The quantitative estimate of drug-likeness (QED) is 0.574. The molecule has 0 aromatic carbocycles. The predicted octanol–water partition coefficient (Wildman–Crippen LogP) is 0.000700. The molecule has 2 aliphatic rings. The first-order valence-electron chi connectivity index (χ1n) is 10.6. The van der Waals surface area contributed by atoms with Crippen molar-refractivity contribution in [3.63, 3.8) is 0 Å². The molecule has 11 nitrogen and oxygen atoms in total. The van der Waals surface area contributed by atoms with Gasteiger partial charge in [0.25, 0.3) is 11.5 Å². The van der Waals surface area contributed by atoms with E-state index in [1.807, 2.05) is 0 Å². The number of nitrogens with one attached hydrogen (secondary N) is 1. The van der Waals surface area contributed by atoms with E-state index in [1.54, 1.807) is 17.9 Å². The Balaban J connectivity index is 1.76. The van der Waals surface area contributed by atoms with Crippen molar-refractivity contribution in [1.29, 1.82) is 0 Å². The van der Waals surface area contributed by atoms with Crippen LogP contribution in [0.4, 0.5) is 0 Å². The first-order valence-corrected chi connectivity index (χ1v) is 10.6. The highest BCUT2D eigenvalue weighted by Crippen LogP contribution is 2.23. The van der Waals surface area contributed by atoms with E-state index in [4.69, 9.17) is 9.47 Å². The van der Waals surface area contributed by atoms with Crippen molar-refractivity contribution in [2.24, 2.45) is 0 Å². The van der Waals surface area contributed by atoms with Gasteiger partial charge in [-0.15, -0.1) is 0 Å². The van der Waals surface area contributed by atoms with Crippen molar-refractivity contribution in [3.8, 4) is 5.88 Å². The molecular weight excluding hydrogens is 418 g/mol. The monoisotopic (exact) mass is 445 g/mol. The van der Waals surface area contributed by atoms with E-state index in [1.165, 1.54) is 23.9 Å². The number of morpholine rings is 1. The molecule has 2 fully saturated rings. The van der Waals surface area contributed by atoms with Crippen molar-refractivity contribution < 1.29 is 24.2 Å². The Hall–Kier alpha value is -3.18. The van der Waals surface area contributed by atoms with Crippen LogP contribution in [-0.2, 0) is 20.8 Å². The summed E-state index contributed by atoms with van der Waals surface area (Å²) in [4.78, 5) is 40.1. The lowest BCUT2D eigenvalue weighted by Gasteiger charge is -2.25. The molecule has 0 bridgehead atoms. The summed E-state index contributed by atoms with van der Waals surface area (Å²) in [6.45, 7) is 3.91. The topological polar surface area (TPSA) is 127 Å². The van der Waals surface area contributed by atoms with E-state index in [9.17, 15) is 19.5 Å². The van der Waals surface area contributed by atoms with Crippen LogP contribution in [0.5, 0.6) is 5.88 Å². The molecule has 1 unspecified atom stereocenters. The van der Waals surface area contributed by atoms with Gasteiger partial charge in [0.2, 0.25) is 11.8 Å². The third kappa shape index (κ3) is 4.39. The second-order valence-corrected chi connectivity index (χ2v) is 8.01. The highest BCUT2D eigenvalue weighted by atomic mass is 16.5. The van der Waals surface area contributed by atoms with Gasteiger partial charge in [-0.2, -0.15) is 9.61 Å². The van der Waals surface area contributed by atoms with E-state index in [0.717, 1.165) is 17.4 Å². The zero-order valence-electron chi connectivity index (χ0n) is 18.1. The van der Waals surface area contributed by atoms with Crippen molar-refractivity contribution >= 4 is 23.5 Å². The number of hydrogen-bond donors (Lipinski definition) is 2. The number of fused-ring (bicyclic) bond motifs is 1. The van der Waals surface area contributed by atoms with Crippen LogP contribution in [0.25, 0.3) is 11.7 Å². The number of aromatic hydroxyl groups is 1. The SMILES string of the molecule is COC(C)Cn1c(=O)c(C(=O)NC2CC2)c(O)n2ncc(C=CC(=O)N3CCOCC3)c12. The fourth-order valence-corrected chi connectivity index (χ4v) is 3.57. The molecule has 2 amide bonds. The fraction of sp³-hybridized carbons (Fsp3) is 0.524. The molecular formula is C21H27N5O6. The Morgan fingerprint density at radius 3 is 2.75 bits per heavy atom. The summed E-state index contributed by atoms with van der Waals surface area (Å²) in [5, 5.41) is 17.6. The van der Waals surface area contributed by atoms with E-state index in [0.29, 0.717) is 31.9 Å². The fourth-order valence-electron chi connectivity index (χ4n) is 3.57. The maximum atomic E-state index is 13.3. The molecule has 2 aromatic heterocycles. The van der Waals surface area contributed by atoms with Crippen molar-refractivity contribution in [2.45, 2.75) is 38.5 Å². The zero-order chi connectivity index (χ0) is 22.8. The van der Waals surface area contributed by atoms with Gasteiger partial charge < -0.3 is 24.8 Å². The van der Waals surface area contributed by atoms with E-state index in [2.05, 4.69) is 10.4 Å². The molecule has 32 heavy (non-hydrogen) atoms. The van der Waals surface area contributed by atoms with Crippen LogP contribution in [0.3, 0.4) is 0 Å². The van der Waals surface area contributed by atoms with E-state index in [-0.39, 0.29) is 35.8 Å². The number of carbonyl (C=O) groups is 2. The zero-order valence-corrected chi connectivity index (χ0v) is 18.1. The number of methoxy groups -OCH3 is 1. The van der Waals surface area contributed by atoms with Crippen LogP contribution in [0.15, 0.2) is 17.1 Å². The maximum Gasteiger partial charge on any atom is 0.270 e. The van der Waals surface area contributed by atoms with Gasteiger partial charge in [0.15, 0.2) is 5.56 Å². The summed E-state index contributed by atoms with van der Waals surface area (Å²) >= 11 is 0. The molecule has 2 N–H and O–H groups in total. The van der Waals surface area contributed by atoms with Crippen molar-refractivity contribution in [1.82, 2.24) is 24.4 Å². The molecule has 1 saturated carbocycles. The molecule has 4 rings (SSSR count). The summed E-state index contributed by atoms with van der Waals surface area (Å²) in [7, 11) is 1.52. The molecule has 0 radical (unpaired) electrons. The van der Waals surface area contributed by atoms with Crippen LogP contribution in [0, 0.1) is 0 Å². The lowest BCUT2D eigenvalue weighted by molar-refractivity contribution is -0.129. The first kappa shape index (κ1) is 22.0. The van der Waals surface area contributed by atoms with Gasteiger partial charge in [-0.25, -0.2) is 0 Å². The van der Waals surface area contributed by atoms with Crippen LogP contribution in [0.2, 0.25) is 0 Å². The Kier molecular flexibility index (Phi) is 6.28. The summed E-state index contributed by atoms with van der Waals surface area (Å²) in [6, 6.07) is 0.0191. The minimum absolute atomic E-state index is 0.0191. The Morgan fingerprint density at radius 2 is 2.09 bits per heavy atom. The molecule has 1 aliphatic carbocycles. The normalized spacial score (nSPS) is 17.8. The van der Waals surface area contributed by atoms with Crippen LogP contribution in [0.1, 0.15) is 35.7 Å². The highest BCUT2D eigenvalue weighted by Gasteiger charge is 2.30. The largest absolute Gasteiger partial charge is 0.492 e. The minimum Gasteiger partial charge on any atom is -0.492 e. The predicted molar refractivity (Wildman–Crippen MR) is 115 cm³/mol. The summed E-state index contributed by atoms with van der Waals surface area (Å²) in [5.41, 5.74) is -0.288. The smallest absolute Gasteiger partial charge is 0.270 e. The van der Waals surface area contributed by atoms with Gasteiger partial charge in [0.1, 0.15) is 5.65 Å². The maximum absolute atomic E-state index is 13.3. The summed E-state index contributed by atoms with van der Waals surface area (Å²) in [6.07, 6.45) is 5.74. The van der Waals surface area contributed by atoms with Crippen molar-refractivity contribution in [3.05, 3.63) is 33.8 Å². The second-order valence-electron chi connectivity index (χ2n) is 8.01. The Bertz CT molecular complexity index is 1110. The first-order chi connectivity index (χ1) is 15.4. The lowest BCUT2D eigenvalue weighted by atomic mass is 10.2. The Morgan fingerprint density at radius 1 is 1.38 bits per heavy atom. The molecule has 3 heterocycles. The standard InChI is InChI=1S/C21H27N5O6/c1-13(31-2)12-25-19-14(3-6-16(27)24-7-9-32-10-8-24)11-22-26(19)21(30)17(20(25)29)18(28)23-15-4-5-15/h3,6,11,13,15,30H,4-5,7-10,12H2,1-2H3,(H,23,28). The molecule has 1 saturated heterocycles. The third-order valence-corrected chi connectivity index (χ3v) is 5.62. The third-order valence-electron chi connectivity index (χ3n) is 5.62. The molecule has 1 aliphatic heterocycles. The average molecular weight is 445 g/mol. The number of carbonyl (C=O) groups excluding carboxylic acids is 2. The summed E-state index contributed by atoms with van der Waals surface area (Å²) in [5.74, 6) is -1.36. The number of aromatic nitrogens is 3. The van der Waals surface area contributed by atoms with E-state index >= 15 is 0 Å². The van der Waals surface area contributed by atoms with Gasteiger partial charge in [-0.3, -0.25) is 19.0 Å². The van der Waals surface area contributed by atoms with Gasteiger partial charge in [-0.05, 0) is 25.8 Å². The molecule has 1 atom stereocenters. The van der Waals surface area contributed by atoms with Gasteiger partial charge in [0.05, 0.1) is 32.1 Å². The number of nitrogens with zero attached hydrogens (tertiary/aromatic N) is 4. The number of ether oxygens (including phenoxy) is 2.